The van der Waals surface area contributed by atoms with Gasteiger partial charge in [-0.2, -0.15) is 5.26 Å². The zero-order valence-electron chi connectivity index (χ0n) is 17.7. The Hall–Kier alpha value is -1.92. The molecule has 0 saturated carbocycles. The van der Waals surface area contributed by atoms with Crippen LogP contribution in [0.1, 0.15) is 12.0 Å². The van der Waals surface area contributed by atoms with E-state index in [2.05, 4.69) is 9.71 Å². The van der Waals surface area contributed by atoms with Crippen LogP contribution in [0.2, 0.25) is 0 Å². The molecule has 2 heterocycles. The Bertz CT molecular complexity index is 1420. The van der Waals surface area contributed by atoms with Gasteiger partial charge in [-0.25, -0.2) is 26.5 Å². The van der Waals surface area contributed by atoms with E-state index in [1.165, 1.54) is 36.1 Å². The minimum atomic E-state index is -4.28. The first-order chi connectivity index (χ1) is 15.2. The van der Waals surface area contributed by atoms with Crippen molar-refractivity contribution < 1.29 is 73.3 Å². The van der Waals surface area contributed by atoms with Crippen molar-refractivity contribution in [3.63, 3.8) is 0 Å². The van der Waals surface area contributed by atoms with Gasteiger partial charge in [-0.1, -0.05) is 6.07 Å². The standard InChI is InChI=1S/C20H16F2N5O4S.K/c1-26-11-24-17-4-2-13(8-14(17)20(26)28)31-19-15(9-23)18(5-3-16(19)22)25-32(29,30)27-7-6-12(21)10-27;/h2-5,8,11-12H,6-7,10H2,1H3;/q-1;+1/t12-;/m1./s1. The molecule has 0 radical (unpaired) electrons. The first-order valence-corrected chi connectivity index (χ1v) is 10.8. The van der Waals surface area contributed by atoms with Gasteiger partial charge in [0.2, 0.25) is 0 Å². The smallest absolute Gasteiger partial charge is 0.562 e. The molecule has 0 unspecified atom stereocenters. The second kappa shape index (κ2) is 10.1. The van der Waals surface area contributed by atoms with E-state index in [0.29, 0.717) is 5.52 Å². The van der Waals surface area contributed by atoms with Crippen LogP contribution < -0.4 is 61.7 Å². The maximum absolute atomic E-state index is 14.5. The van der Waals surface area contributed by atoms with Gasteiger partial charge < -0.3 is 14.0 Å². The number of halogens is 2. The molecule has 0 aliphatic carbocycles. The summed E-state index contributed by atoms with van der Waals surface area (Å²) < 4.78 is 64.2. The van der Waals surface area contributed by atoms with Gasteiger partial charge in [-0.15, -0.1) is 5.69 Å². The van der Waals surface area contributed by atoms with Crippen LogP contribution in [0.4, 0.5) is 14.5 Å². The summed E-state index contributed by atoms with van der Waals surface area (Å²) in [5.74, 6) is -1.44. The summed E-state index contributed by atoms with van der Waals surface area (Å²) in [6.45, 7) is -0.377. The molecule has 3 aromatic rings. The van der Waals surface area contributed by atoms with Crippen LogP contribution in [0.3, 0.4) is 0 Å². The summed E-state index contributed by atoms with van der Waals surface area (Å²) in [6.07, 6.45) is 0.112. The van der Waals surface area contributed by atoms with E-state index in [9.17, 15) is 27.3 Å². The van der Waals surface area contributed by atoms with E-state index in [4.69, 9.17) is 4.74 Å². The molecule has 1 aliphatic heterocycles. The molecule has 0 amide bonds. The van der Waals surface area contributed by atoms with Crippen LogP contribution >= 0.6 is 0 Å². The van der Waals surface area contributed by atoms with Gasteiger partial charge >= 0.3 is 51.4 Å². The largest absolute Gasteiger partial charge is 1.00 e. The number of hydrogen-bond acceptors (Lipinski definition) is 6. The fourth-order valence-corrected chi connectivity index (χ4v) is 4.48. The number of ether oxygens (including phenoxy) is 1. The Morgan fingerprint density at radius 1 is 1.30 bits per heavy atom. The van der Waals surface area contributed by atoms with Gasteiger partial charge in [0.1, 0.15) is 18.0 Å². The summed E-state index contributed by atoms with van der Waals surface area (Å²) in [5, 5.41) is 9.78. The molecule has 1 saturated heterocycles. The Morgan fingerprint density at radius 2 is 2.06 bits per heavy atom. The normalized spacial score (nSPS) is 16.2. The molecule has 13 heteroatoms. The molecule has 0 spiro atoms. The predicted molar refractivity (Wildman–Crippen MR) is 111 cm³/mol. The van der Waals surface area contributed by atoms with Gasteiger partial charge in [-0.05, 0) is 30.7 Å². The topological polar surface area (TPSA) is 119 Å². The molecule has 33 heavy (non-hydrogen) atoms. The van der Waals surface area contributed by atoms with Crippen LogP contribution in [0.25, 0.3) is 15.6 Å². The van der Waals surface area contributed by atoms with Gasteiger partial charge in [-0.3, -0.25) is 4.79 Å². The van der Waals surface area contributed by atoms with E-state index in [-0.39, 0.29) is 93.3 Å². The maximum atomic E-state index is 14.5. The third kappa shape index (κ3) is 5.27. The van der Waals surface area contributed by atoms with Crippen LogP contribution in [0.5, 0.6) is 11.5 Å². The SMILES string of the molecule is Cn1cnc2ccc(Oc3c(F)ccc([N-]S(=O)(=O)N4CC[C@@H](F)C4)c3C#N)cc2c1=O.[K+]. The van der Waals surface area contributed by atoms with Gasteiger partial charge in [0, 0.05) is 20.1 Å². The first-order valence-electron chi connectivity index (χ1n) is 9.42. The van der Waals surface area contributed by atoms with Gasteiger partial charge in [0.15, 0.2) is 21.8 Å². The number of alkyl halides is 1. The van der Waals surface area contributed by atoms with Crippen molar-refractivity contribution in [1.29, 1.82) is 5.26 Å². The van der Waals surface area contributed by atoms with Crippen molar-refractivity contribution in [3.05, 3.63) is 63.1 Å². The number of hydrogen-bond donors (Lipinski definition) is 0. The predicted octanol–water partition coefficient (Wildman–Crippen LogP) is 0.0344. The summed E-state index contributed by atoms with van der Waals surface area (Å²) in [6, 6.07) is 7.92. The maximum Gasteiger partial charge on any atom is 1.00 e. The van der Waals surface area contributed by atoms with Crippen molar-refractivity contribution >= 4 is 26.8 Å². The Kier molecular flexibility index (Phi) is 7.90. The molecule has 1 fully saturated rings. The molecular formula is C20H16F2KN5O4S. The molecule has 1 atom stereocenters. The minimum Gasteiger partial charge on any atom is -0.562 e. The van der Waals surface area contributed by atoms with E-state index < -0.39 is 33.5 Å². The molecular weight excluding hydrogens is 483 g/mol. The van der Waals surface area contributed by atoms with Crippen molar-refractivity contribution in [2.24, 2.45) is 7.05 Å². The molecule has 1 aromatic heterocycles. The number of nitriles is 1. The summed E-state index contributed by atoms with van der Waals surface area (Å²) in [5.41, 5.74) is -0.755. The number of fused-ring (bicyclic) bond motifs is 1. The van der Waals surface area contributed by atoms with E-state index in [0.717, 1.165) is 16.4 Å². The zero-order chi connectivity index (χ0) is 23.0. The van der Waals surface area contributed by atoms with Crippen molar-refractivity contribution in [2.45, 2.75) is 12.6 Å². The monoisotopic (exact) mass is 499 g/mol. The molecule has 166 valence electrons. The molecule has 0 bridgehead atoms. The second-order valence-electron chi connectivity index (χ2n) is 7.14. The van der Waals surface area contributed by atoms with Crippen LogP contribution in [-0.4, -0.2) is 41.5 Å². The second-order valence-corrected chi connectivity index (χ2v) is 8.73. The van der Waals surface area contributed by atoms with Crippen LogP contribution in [-0.2, 0) is 17.3 Å². The van der Waals surface area contributed by atoms with E-state index >= 15 is 0 Å². The summed E-state index contributed by atoms with van der Waals surface area (Å²) in [7, 11) is -2.76. The quantitative estimate of drug-likeness (QED) is 0.457. The van der Waals surface area contributed by atoms with E-state index in [1.54, 1.807) is 6.07 Å². The number of rotatable bonds is 5. The summed E-state index contributed by atoms with van der Waals surface area (Å²) >= 11 is 0. The molecule has 2 aromatic carbocycles. The van der Waals surface area contributed by atoms with Crippen LogP contribution in [0, 0.1) is 17.1 Å². The minimum absolute atomic E-state index is 0. The number of nitrogens with zero attached hydrogens (tertiary/aromatic N) is 5. The van der Waals surface area contributed by atoms with Crippen molar-refractivity contribution in [3.8, 4) is 17.6 Å². The van der Waals surface area contributed by atoms with E-state index in [1.807, 2.05) is 0 Å². The first kappa shape index (κ1) is 25.7. The Morgan fingerprint density at radius 3 is 2.73 bits per heavy atom. The Labute approximate surface area is 230 Å². The third-order valence-corrected chi connectivity index (χ3v) is 6.35. The average Bonchev–Trinajstić information content (AvgIpc) is 3.21. The van der Waals surface area contributed by atoms with Gasteiger partial charge in [0.05, 0.1) is 22.8 Å². The number of aryl methyl sites for hydroxylation is 1. The third-order valence-electron chi connectivity index (χ3n) is 4.94. The van der Waals surface area contributed by atoms with Gasteiger partial charge in [0.25, 0.3) is 5.56 Å². The molecule has 4 rings (SSSR count). The molecule has 1 aliphatic rings. The Balaban J connectivity index is 0.00000306. The van der Waals surface area contributed by atoms with Crippen molar-refractivity contribution in [2.75, 3.05) is 13.1 Å². The fraction of sp³-hybridized carbons (Fsp3) is 0.250. The fourth-order valence-electron chi connectivity index (χ4n) is 3.28. The van der Waals surface area contributed by atoms with Crippen LogP contribution in [0.15, 0.2) is 41.5 Å². The summed E-state index contributed by atoms with van der Waals surface area (Å²) in [4.78, 5) is 16.4. The number of aromatic nitrogens is 2. The van der Waals surface area contributed by atoms with Crippen molar-refractivity contribution in [1.82, 2.24) is 13.9 Å². The number of benzene rings is 2. The molecule has 9 nitrogen and oxygen atoms in total. The zero-order valence-corrected chi connectivity index (χ0v) is 21.6. The average molecular weight is 500 g/mol. The molecule has 0 N–H and O–H groups in total.